The number of ether oxygens (including phenoxy) is 1. The molecule has 0 aliphatic heterocycles. The van der Waals surface area contributed by atoms with E-state index in [1.54, 1.807) is 18.4 Å². The number of rotatable bonds is 5. The van der Waals surface area contributed by atoms with Crippen LogP contribution in [0, 0.1) is 6.92 Å². The van der Waals surface area contributed by atoms with E-state index in [1.165, 1.54) is 15.4 Å². The molecule has 2 rings (SSSR count). The fraction of sp³-hybridized carbons (Fsp3) is 0.357. The average Bonchev–Trinajstić information content (AvgIpc) is 2.86. The molecule has 0 atom stereocenters. The van der Waals surface area contributed by atoms with Crippen LogP contribution in [0.5, 0.6) is 5.75 Å². The molecule has 0 aliphatic carbocycles. The van der Waals surface area contributed by atoms with Crippen molar-refractivity contribution in [3.05, 3.63) is 39.8 Å². The molecule has 1 aromatic heterocycles. The van der Waals surface area contributed by atoms with E-state index in [1.807, 2.05) is 18.3 Å². The number of hydrogen-bond acceptors (Lipinski definition) is 4. The van der Waals surface area contributed by atoms with Gasteiger partial charge in [-0.25, -0.2) is 4.98 Å². The number of benzene rings is 1. The minimum atomic E-state index is 0.811. The lowest BCUT2D eigenvalue weighted by molar-refractivity contribution is 0.415. The Morgan fingerprint density at radius 2 is 2.22 bits per heavy atom. The summed E-state index contributed by atoms with van der Waals surface area (Å²) in [5.41, 5.74) is 2.33. The Hall–Kier alpha value is -1.55. The van der Waals surface area contributed by atoms with Crippen LogP contribution < -0.4 is 10.1 Å². The van der Waals surface area contributed by atoms with Crippen LogP contribution in [0.15, 0.2) is 24.4 Å². The normalized spacial score (nSPS) is 10.4. The van der Waals surface area contributed by atoms with Gasteiger partial charge in [-0.1, -0.05) is 13.0 Å². The third-order valence-corrected chi connectivity index (χ3v) is 3.94. The van der Waals surface area contributed by atoms with Crippen molar-refractivity contribution in [2.45, 2.75) is 26.8 Å². The summed E-state index contributed by atoms with van der Waals surface area (Å²) in [6, 6.07) is 6.06. The van der Waals surface area contributed by atoms with Crippen molar-refractivity contribution in [1.29, 1.82) is 0 Å². The maximum atomic E-state index is 5.23. The number of hydrogen-bond donors (Lipinski definition) is 1. The van der Waals surface area contributed by atoms with E-state index in [0.29, 0.717) is 0 Å². The number of aromatic nitrogens is 1. The van der Waals surface area contributed by atoms with E-state index < -0.39 is 0 Å². The Morgan fingerprint density at radius 1 is 1.39 bits per heavy atom. The quantitative estimate of drug-likeness (QED) is 0.893. The molecule has 18 heavy (non-hydrogen) atoms. The molecule has 0 saturated heterocycles. The number of methoxy groups -OCH3 is 1. The molecule has 3 nitrogen and oxygen atoms in total. The highest BCUT2D eigenvalue weighted by Gasteiger charge is 2.03. The number of thiazole rings is 1. The predicted molar refractivity (Wildman–Crippen MR) is 76.5 cm³/mol. The molecule has 1 aromatic carbocycles. The Morgan fingerprint density at radius 3 is 2.89 bits per heavy atom. The second kappa shape index (κ2) is 5.87. The molecule has 0 radical (unpaired) electrons. The molecule has 1 heterocycles. The second-order valence-electron chi connectivity index (χ2n) is 4.11. The number of anilines is 1. The summed E-state index contributed by atoms with van der Waals surface area (Å²) in [7, 11) is 1.69. The summed E-state index contributed by atoms with van der Waals surface area (Å²) in [6.45, 7) is 5.03. The Labute approximate surface area is 112 Å². The topological polar surface area (TPSA) is 34.2 Å². The van der Waals surface area contributed by atoms with Crippen LogP contribution in [0.4, 0.5) is 5.69 Å². The van der Waals surface area contributed by atoms with E-state index in [0.717, 1.165) is 24.4 Å². The van der Waals surface area contributed by atoms with E-state index in [-0.39, 0.29) is 0 Å². The van der Waals surface area contributed by atoms with Gasteiger partial charge in [0.15, 0.2) is 0 Å². The van der Waals surface area contributed by atoms with Crippen LogP contribution in [-0.2, 0) is 13.0 Å². The van der Waals surface area contributed by atoms with Crippen LogP contribution in [0.2, 0.25) is 0 Å². The van der Waals surface area contributed by atoms with Crippen LogP contribution in [0.3, 0.4) is 0 Å². The van der Waals surface area contributed by atoms with E-state index in [4.69, 9.17) is 4.74 Å². The Balaban J connectivity index is 2.05. The Bertz CT molecular complexity index is 522. The van der Waals surface area contributed by atoms with Gasteiger partial charge in [-0.2, -0.15) is 0 Å². The number of nitrogens with zero attached hydrogens (tertiary/aromatic N) is 1. The van der Waals surface area contributed by atoms with Gasteiger partial charge in [0.2, 0.25) is 0 Å². The summed E-state index contributed by atoms with van der Waals surface area (Å²) < 4.78 is 5.23. The molecular weight excluding hydrogens is 244 g/mol. The molecule has 0 bridgehead atoms. The maximum absolute atomic E-state index is 5.23. The van der Waals surface area contributed by atoms with E-state index >= 15 is 0 Å². The lowest BCUT2D eigenvalue weighted by Gasteiger charge is -2.10. The molecular formula is C14H18N2OS. The first kappa shape index (κ1) is 12.9. The van der Waals surface area contributed by atoms with Crippen molar-refractivity contribution in [2.24, 2.45) is 0 Å². The van der Waals surface area contributed by atoms with Gasteiger partial charge in [0.1, 0.15) is 5.75 Å². The molecule has 0 unspecified atom stereocenters. The fourth-order valence-corrected chi connectivity index (χ4v) is 2.50. The summed E-state index contributed by atoms with van der Waals surface area (Å²) in [4.78, 5) is 5.62. The summed E-state index contributed by atoms with van der Waals surface area (Å²) in [6.07, 6.45) is 2.95. The van der Waals surface area contributed by atoms with Crippen molar-refractivity contribution in [1.82, 2.24) is 4.98 Å². The van der Waals surface area contributed by atoms with Gasteiger partial charge in [-0.15, -0.1) is 11.3 Å². The van der Waals surface area contributed by atoms with Crippen LogP contribution >= 0.6 is 11.3 Å². The lowest BCUT2D eigenvalue weighted by atomic mass is 10.2. The largest absolute Gasteiger partial charge is 0.497 e. The van der Waals surface area contributed by atoms with Gasteiger partial charge in [-0.05, 0) is 25.0 Å². The highest BCUT2D eigenvalue weighted by Crippen LogP contribution is 2.23. The van der Waals surface area contributed by atoms with Crippen molar-refractivity contribution in [3.63, 3.8) is 0 Å². The standard InChI is InChI=1S/C14H18N2OS/c1-4-14-16-9-12(18-14)8-15-13-7-11(17-3)6-5-10(13)2/h5-7,9,15H,4,8H2,1-3H3. The summed E-state index contributed by atoms with van der Waals surface area (Å²) in [5.74, 6) is 0.877. The maximum Gasteiger partial charge on any atom is 0.120 e. The lowest BCUT2D eigenvalue weighted by Crippen LogP contribution is -1.99. The van der Waals surface area contributed by atoms with Crippen LogP contribution in [-0.4, -0.2) is 12.1 Å². The Kier molecular flexibility index (Phi) is 4.20. The first-order valence-corrected chi connectivity index (χ1v) is 6.86. The summed E-state index contributed by atoms with van der Waals surface area (Å²) >= 11 is 1.76. The molecule has 96 valence electrons. The van der Waals surface area contributed by atoms with Crippen molar-refractivity contribution in [2.75, 3.05) is 12.4 Å². The highest BCUT2D eigenvalue weighted by atomic mass is 32.1. The number of aryl methyl sites for hydroxylation is 2. The fourth-order valence-electron chi connectivity index (χ4n) is 1.69. The predicted octanol–water partition coefficient (Wildman–Crippen LogP) is 3.63. The SMILES string of the molecule is CCc1ncc(CNc2cc(OC)ccc2C)s1. The summed E-state index contributed by atoms with van der Waals surface area (Å²) in [5, 5.41) is 4.62. The first-order valence-electron chi connectivity index (χ1n) is 6.05. The van der Waals surface area contributed by atoms with Crippen molar-refractivity contribution < 1.29 is 4.74 Å². The van der Waals surface area contributed by atoms with Gasteiger partial charge in [-0.3, -0.25) is 0 Å². The molecule has 1 N–H and O–H groups in total. The number of nitrogens with one attached hydrogen (secondary N) is 1. The third-order valence-electron chi connectivity index (χ3n) is 2.80. The van der Waals surface area contributed by atoms with Crippen molar-refractivity contribution >= 4 is 17.0 Å². The van der Waals surface area contributed by atoms with Gasteiger partial charge < -0.3 is 10.1 Å². The molecule has 0 saturated carbocycles. The molecule has 0 aliphatic rings. The van der Waals surface area contributed by atoms with Crippen LogP contribution in [0.25, 0.3) is 0 Å². The van der Waals surface area contributed by atoms with Crippen molar-refractivity contribution in [3.8, 4) is 5.75 Å². The van der Waals surface area contributed by atoms with Gasteiger partial charge in [0, 0.05) is 22.8 Å². The van der Waals surface area contributed by atoms with Gasteiger partial charge >= 0.3 is 0 Å². The molecule has 0 fully saturated rings. The van der Waals surface area contributed by atoms with Gasteiger partial charge in [0.25, 0.3) is 0 Å². The smallest absolute Gasteiger partial charge is 0.120 e. The zero-order chi connectivity index (χ0) is 13.0. The minimum Gasteiger partial charge on any atom is -0.497 e. The average molecular weight is 262 g/mol. The second-order valence-corrected chi connectivity index (χ2v) is 5.31. The van der Waals surface area contributed by atoms with Crippen LogP contribution in [0.1, 0.15) is 22.4 Å². The molecule has 0 amide bonds. The zero-order valence-corrected chi connectivity index (χ0v) is 11.8. The highest BCUT2D eigenvalue weighted by molar-refractivity contribution is 7.11. The zero-order valence-electron chi connectivity index (χ0n) is 11.0. The first-order chi connectivity index (χ1) is 8.72. The molecule has 4 heteroatoms. The van der Waals surface area contributed by atoms with Gasteiger partial charge in [0.05, 0.1) is 18.7 Å². The van der Waals surface area contributed by atoms with E-state index in [2.05, 4.69) is 30.2 Å². The van der Waals surface area contributed by atoms with E-state index in [9.17, 15) is 0 Å². The molecule has 2 aromatic rings. The minimum absolute atomic E-state index is 0.811. The third kappa shape index (κ3) is 3.01. The monoisotopic (exact) mass is 262 g/mol. The molecule has 0 spiro atoms.